The number of piperidine rings is 1. The summed E-state index contributed by atoms with van der Waals surface area (Å²) in [5, 5.41) is 0.254. The van der Waals surface area contributed by atoms with Gasteiger partial charge >= 0.3 is 6.18 Å². The van der Waals surface area contributed by atoms with Crippen LogP contribution < -0.4 is 10.6 Å². The lowest BCUT2D eigenvalue weighted by Crippen LogP contribution is -2.42. The molecule has 2 aliphatic rings. The summed E-state index contributed by atoms with van der Waals surface area (Å²) in [6, 6.07) is 2.83. The summed E-state index contributed by atoms with van der Waals surface area (Å²) in [5.41, 5.74) is 5.55. The van der Waals surface area contributed by atoms with Crippen LogP contribution in [0, 0.1) is 17.3 Å². The van der Waals surface area contributed by atoms with E-state index >= 15 is 0 Å². The first-order chi connectivity index (χ1) is 14.2. The molecule has 2 fully saturated rings. The number of aromatic nitrogens is 3. The van der Waals surface area contributed by atoms with Crippen molar-refractivity contribution in [2.45, 2.75) is 55.6 Å². The van der Waals surface area contributed by atoms with Crippen molar-refractivity contribution in [2.24, 2.45) is 17.3 Å². The van der Waals surface area contributed by atoms with E-state index in [-0.39, 0.29) is 15.7 Å². The molecule has 2 atom stereocenters. The first-order valence-electron chi connectivity index (χ1n) is 10.3. The van der Waals surface area contributed by atoms with Gasteiger partial charge in [0.15, 0.2) is 11.5 Å². The van der Waals surface area contributed by atoms with Crippen molar-refractivity contribution in [3.63, 3.8) is 0 Å². The number of nitrogen functional groups attached to an aromatic ring is 1. The lowest BCUT2D eigenvalue weighted by molar-refractivity contribution is -0.143. The summed E-state index contributed by atoms with van der Waals surface area (Å²) < 4.78 is 39.6. The minimum absolute atomic E-state index is 0.0389. The maximum absolute atomic E-state index is 13.2. The zero-order valence-electron chi connectivity index (χ0n) is 17.1. The molecular weight excluding hydrogens is 411 g/mol. The van der Waals surface area contributed by atoms with Crippen LogP contribution in [0.3, 0.4) is 0 Å². The molecule has 1 aliphatic carbocycles. The van der Waals surface area contributed by atoms with E-state index in [0.717, 1.165) is 55.7 Å². The van der Waals surface area contributed by atoms with Crippen LogP contribution in [0.2, 0.25) is 0 Å². The number of hydrogen-bond acceptors (Lipinski definition) is 6. The predicted octanol–water partition coefficient (Wildman–Crippen LogP) is 5.28. The van der Waals surface area contributed by atoms with Gasteiger partial charge < -0.3 is 10.6 Å². The van der Waals surface area contributed by atoms with E-state index in [9.17, 15) is 13.2 Å². The van der Waals surface area contributed by atoms with E-state index in [1.807, 2.05) is 0 Å². The molecule has 1 saturated carbocycles. The normalized spacial score (nSPS) is 23.8. The Balaban J connectivity index is 1.48. The van der Waals surface area contributed by atoms with Gasteiger partial charge in [0, 0.05) is 24.2 Å². The molecule has 0 amide bonds. The second-order valence-corrected chi connectivity index (χ2v) is 9.69. The molecule has 1 spiro atoms. The summed E-state index contributed by atoms with van der Waals surface area (Å²) in [4.78, 5) is 14.4. The summed E-state index contributed by atoms with van der Waals surface area (Å²) in [6.07, 6.45) is 3.04. The maximum atomic E-state index is 13.2. The van der Waals surface area contributed by atoms with Gasteiger partial charge in [-0.3, -0.25) is 4.98 Å². The number of hydrogen-bond donors (Lipinski definition) is 1. The predicted molar refractivity (Wildman–Crippen MR) is 111 cm³/mol. The largest absolute Gasteiger partial charge is 0.434 e. The topological polar surface area (TPSA) is 67.9 Å². The van der Waals surface area contributed by atoms with E-state index in [4.69, 9.17) is 5.73 Å². The van der Waals surface area contributed by atoms with Crippen molar-refractivity contribution in [1.82, 2.24) is 15.0 Å². The minimum Gasteiger partial charge on any atom is -0.381 e. The Bertz CT molecular complexity index is 912. The van der Waals surface area contributed by atoms with E-state index in [0.29, 0.717) is 11.2 Å². The number of halogens is 3. The standard InChI is InChI=1S/C21H26F3N5S/c1-13-10-14(2)20(11-13)5-8-29(9-6-20)16-12-27-19(18(25)28-16)30-15-4-3-7-26-17(15)21(22,23)24/h3-4,7,12-14H,5-6,8-11H2,1-2H3,(H2,25,28)/t13-,14-/m0/s1. The fraction of sp³-hybridized carbons (Fsp3) is 0.571. The smallest absolute Gasteiger partial charge is 0.381 e. The Hall–Kier alpha value is -2.03. The fourth-order valence-corrected chi connectivity index (χ4v) is 5.99. The van der Waals surface area contributed by atoms with Gasteiger partial charge in [0.1, 0.15) is 10.8 Å². The van der Waals surface area contributed by atoms with Crippen LogP contribution in [0.1, 0.15) is 45.2 Å². The molecule has 0 bridgehead atoms. The van der Waals surface area contributed by atoms with Gasteiger partial charge in [-0.05, 0) is 55.1 Å². The van der Waals surface area contributed by atoms with Crippen LogP contribution in [0.4, 0.5) is 24.8 Å². The van der Waals surface area contributed by atoms with E-state index in [1.54, 1.807) is 6.20 Å². The second kappa shape index (κ2) is 7.90. The highest BCUT2D eigenvalue weighted by molar-refractivity contribution is 7.99. The first kappa shape index (κ1) is 21.2. The monoisotopic (exact) mass is 437 g/mol. The summed E-state index contributed by atoms with van der Waals surface area (Å²) >= 11 is 0.839. The van der Waals surface area contributed by atoms with Gasteiger partial charge in [0.25, 0.3) is 0 Å². The highest BCUT2D eigenvalue weighted by atomic mass is 32.2. The molecule has 0 unspecified atom stereocenters. The summed E-state index contributed by atoms with van der Waals surface area (Å²) in [7, 11) is 0. The van der Waals surface area contributed by atoms with Crippen LogP contribution in [0.5, 0.6) is 0 Å². The molecule has 162 valence electrons. The quantitative estimate of drug-likeness (QED) is 0.705. The molecule has 2 N–H and O–H groups in total. The molecule has 0 radical (unpaired) electrons. The second-order valence-electron chi connectivity index (χ2n) is 8.66. The Morgan fingerprint density at radius 3 is 2.53 bits per heavy atom. The number of alkyl halides is 3. The first-order valence-corrected chi connectivity index (χ1v) is 11.1. The molecule has 2 aromatic rings. The van der Waals surface area contributed by atoms with Crippen LogP contribution in [0.15, 0.2) is 34.4 Å². The number of nitrogens with two attached hydrogens (primary N) is 1. The summed E-state index contributed by atoms with van der Waals surface area (Å²) in [6.45, 7) is 6.51. The van der Waals surface area contributed by atoms with Gasteiger partial charge in [-0.1, -0.05) is 25.6 Å². The van der Waals surface area contributed by atoms with Crippen molar-refractivity contribution in [3.05, 3.63) is 30.2 Å². The van der Waals surface area contributed by atoms with Gasteiger partial charge in [-0.25, -0.2) is 9.97 Å². The van der Waals surface area contributed by atoms with Gasteiger partial charge in [-0.2, -0.15) is 13.2 Å². The number of pyridine rings is 1. The van der Waals surface area contributed by atoms with Crippen molar-refractivity contribution in [1.29, 1.82) is 0 Å². The van der Waals surface area contributed by atoms with Gasteiger partial charge in [-0.15, -0.1) is 0 Å². The van der Waals surface area contributed by atoms with Crippen LogP contribution >= 0.6 is 11.8 Å². The molecule has 0 aromatic carbocycles. The molecular formula is C21H26F3N5S. The Morgan fingerprint density at radius 1 is 1.20 bits per heavy atom. The third-order valence-electron chi connectivity index (χ3n) is 6.64. The zero-order chi connectivity index (χ0) is 21.5. The highest BCUT2D eigenvalue weighted by Crippen LogP contribution is 2.52. The van der Waals surface area contributed by atoms with Gasteiger partial charge in [0.2, 0.25) is 0 Å². The Kier molecular flexibility index (Phi) is 5.59. The van der Waals surface area contributed by atoms with Crippen LogP contribution in [0.25, 0.3) is 0 Å². The molecule has 4 rings (SSSR count). The average Bonchev–Trinajstić information content (AvgIpc) is 2.96. The lowest BCUT2D eigenvalue weighted by atomic mass is 9.71. The third kappa shape index (κ3) is 4.08. The molecule has 2 aromatic heterocycles. The minimum atomic E-state index is -4.54. The fourth-order valence-electron chi connectivity index (χ4n) is 5.11. The third-order valence-corrected chi connectivity index (χ3v) is 7.69. The van der Waals surface area contributed by atoms with E-state index in [2.05, 4.69) is 33.7 Å². The van der Waals surface area contributed by atoms with Crippen molar-refractivity contribution < 1.29 is 13.2 Å². The number of anilines is 2. The van der Waals surface area contributed by atoms with Gasteiger partial charge in [0.05, 0.1) is 6.20 Å². The number of rotatable bonds is 3. The molecule has 1 saturated heterocycles. The zero-order valence-corrected chi connectivity index (χ0v) is 17.9. The molecule has 3 heterocycles. The SMILES string of the molecule is C[C@H]1C[C@H](C)C2(CCN(c3cnc(Sc4cccnc4C(F)(F)F)c(N)n3)CC2)C1. The maximum Gasteiger partial charge on any atom is 0.434 e. The van der Waals surface area contributed by atoms with Crippen molar-refractivity contribution in [2.75, 3.05) is 23.7 Å². The Labute approximate surface area is 178 Å². The number of nitrogens with zero attached hydrogens (tertiary/aromatic N) is 4. The lowest BCUT2D eigenvalue weighted by Gasteiger charge is -2.42. The van der Waals surface area contributed by atoms with Crippen LogP contribution in [-0.4, -0.2) is 28.0 Å². The highest BCUT2D eigenvalue weighted by Gasteiger charge is 2.45. The molecule has 5 nitrogen and oxygen atoms in total. The Morgan fingerprint density at radius 2 is 1.93 bits per heavy atom. The summed E-state index contributed by atoms with van der Waals surface area (Å²) in [5.74, 6) is 2.35. The van der Waals surface area contributed by atoms with Crippen molar-refractivity contribution >= 4 is 23.4 Å². The average molecular weight is 438 g/mol. The van der Waals surface area contributed by atoms with E-state index in [1.165, 1.54) is 25.0 Å². The molecule has 1 aliphatic heterocycles. The van der Waals surface area contributed by atoms with Crippen molar-refractivity contribution in [3.8, 4) is 0 Å². The molecule has 9 heteroatoms. The van der Waals surface area contributed by atoms with Crippen LogP contribution in [-0.2, 0) is 6.18 Å². The molecule has 30 heavy (non-hydrogen) atoms. The van der Waals surface area contributed by atoms with E-state index < -0.39 is 11.9 Å².